The number of pyridine rings is 1. The van der Waals surface area contributed by atoms with Gasteiger partial charge in [-0.3, -0.25) is 4.98 Å². The van der Waals surface area contributed by atoms with Gasteiger partial charge in [0.1, 0.15) is 24.2 Å². The molecule has 0 fully saturated rings. The summed E-state index contributed by atoms with van der Waals surface area (Å²) >= 11 is 0. The number of hydrogen-bond acceptors (Lipinski definition) is 7. The van der Waals surface area contributed by atoms with E-state index in [0.29, 0.717) is 17.4 Å². The van der Waals surface area contributed by atoms with E-state index in [1.54, 1.807) is 26.7 Å². The van der Waals surface area contributed by atoms with Gasteiger partial charge in [0.15, 0.2) is 11.5 Å². The molecule has 6 rings (SSSR count). The Balaban J connectivity index is 1.62. The quantitative estimate of drug-likeness (QED) is 0.485. The van der Waals surface area contributed by atoms with Crippen molar-refractivity contribution in [2.24, 2.45) is 0 Å². The van der Waals surface area contributed by atoms with E-state index in [-0.39, 0.29) is 6.04 Å². The van der Waals surface area contributed by atoms with Crippen LogP contribution in [-0.2, 0) is 0 Å². The van der Waals surface area contributed by atoms with Crippen LogP contribution < -0.4 is 19.5 Å². The normalized spacial score (nSPS) is 18.2. The van der Waals surface area contributed by atoms with Gasteiger partial charge in [-0.15, -0.1) is 0 Å². The topological polar surface area (TPSA) is 83.3 Å². The number of methoxy groups -OCH3 is 2. The van der Waals surface area contributed by atoms with Crippen LogP contribution in [-0.4, -0.2) is 34.0 Å². The lowest BCUT2D eigenvalue weighted by atomic mass is 9.84. The first kappa shape index (κ1) is 20.3. The third-order valence-electron chi connectivity index (χ3n) is 6.28. The molecule has 0 radical (unpaired) electrons. The maximum atomic E-state index is 6.68. The van der Waals surface area contributed by atoms with Gasteiger partial charge in [-0.1, -0.05) is 23.8 Å². The van der Waals surface area contributed by atoms with Crippen LogP contribution in [0.4, 0.5) is 5.95 Å². The Labute approximate surface area is 196 Å². The lowest BCUT2D eigenvalue weighted by Crippen LogP contribution is -2.32. The number of nitrogens with zero attached hydrogens (tertiary/aromatic N) is 4. The van der Waals surface area contributed by atoms with Gasteiger partial charge in [-0.25, -0.2) is 4.68 Å². The largest absolute Gasteiger partial charge is 0.493 e. The van der Waals surface area contributed by atoms with Crippen molar-refractivity contribution >= 4 is 11.6 Å². The van der Waals surface area contributed by atoms with Gasteiger partial charge < -0.3 is 19.5 Å². The smallest absolute Gasteiger partial charge is 0.226 e. The van der Waals surface area contributed by atoms with E-state index in [1.807, 2.05) is 41.2 Å². The molecule has 4 aromatic rings. The number of nitrogens with one attached hydrogen (secondary N) is 1. The molecule has 0 unspecified atom stereocenters. The highest BCUT2D eigenvalue weighted by atomic mass is 16.5. The Bertz CT molecular complexity index is 1410. The zero-order valence-electron chi connectivity index (χ0n) is 19.0. The summed E-state index contributed by atoms with van der Waals surface area (Å²) in [5.41, 5.74) is 6.07. The van der Waals surface area contributed by atoms with Crippen LogP contribution in [0.25, 0.3) is 5.70 Å². The molecule has 2 aromatic carbocycles. The first-order valence-electron chi connectivity index (χ1n) is 11.0. The van der Waals surface area contributed by atoms with Crippen LogP contribution in [0.2, 0.25) is 0 Å². The molecule has 2 atom stereocenters. The third-order valence-corrected chi connectivity index (χ3v) is 6.28. The summed E-state index contributed by atoms with van der Waals surface area (Å²) in [5.74, 6) is 2.78. The Kier molecular flexibility index (Phi) is 4.72. The SMILES string of the molecule is COc1ccc([C@H]2Oc3ccc(C)cc3C3=C2[C@@H](c2cccnc2)n2ncnc2N3)cc1OC. The number of rotatable bonds is 4. The van der Waals surface area contributed by atoms with Gasteiger partial charge in [0.25, 0.3) is 0 Å². The molecule has 1 N–H and O–H groups in total. The third kappa shape index (κ3) is 3.10. The van der Waals surface area contributed by atoms with Crippen molar-refractivity contribution in [2.45, 2.75) is 19.1 Å². The van der Waals surface area contributed by atoms with E-state index in [0.717, 1.165) is 39.3 Å². The Morgan fingerprint density at radius 2 is 1.88 bits per heavy atom. The second-order valence-corrected chi connectivity index (χ2v) is 8.28. The van der Waals surface area contributed by atoms with E-state index in [4.69, 9.17) is 14.2 Å². The molecule has 170 valence electrons. The maximum absolute atomic E-state index is 6.68. The summed E-state index contributed by atoms with van der Waals surface area (Å²) in [6, 6.07) is 15.8. The molecule has 0 spiro atoms. The van der Waals surface area contributed by atoms with Gasteiger partial charge in [-0.05, 0) is 42.8 Å². The van der Waals surface area contributed by atoms with Crippen LogP contribution in [0.5, 0.6) is 17.2 Å². The number of benzene rings is 2. The number of aryl methyl sites for hydroxylation is 1. The van der Waals surface area contributed by atoms with Crippen molar-refractivity contribution in [3.63, 3.8) is 0 Å². The number of aromatic nitrogens is 4. The van der Waals surface area contributed by atoms with Gasteiger partial charge >= 0.3 is 0 Å². The summed E-state index contributed by atoms with van der Waals surface area (Å²) in [5, 5.41) is 8.07. The highest BCUT2D eigenvalue weighted by Crippen LogP contribution is 2.51. The number of fused-ring (bicyclic) bond motifs is 3. The fourth-order valence-corrected chi connectivity index (χ4v) is 4.73. The summed E-state index contributed by atoms with van der Waals surface area (Å²) in [6.07, 6.45) is 4.79. The van der Waals surface area contributed by atoms with Gasteiger partial charge in [0.05, 0.1) is 19.9 Å². The Hall–Kier alpha value is -4.33. The minimum Gasteiger partial charge on any atom is -0.493 e. The maximum Gasteiger partial charge on any atom is 0.226 e. The Morgan fingerprint density at radius 1 is 1.00 bits per heavy atom. The van der Waals surface area contributed by atoms with Crippen molar-refractivity contribution in [1.82, 2.24) is 19.7 Å². The summed E-state index contributed by atoms with van der Waals surface area (Å²) < 4.78 is 19.6. The van der Waals surface area contributed by atoms with Crippen molar-refractivity contribution < 1.29 is 14.2 Å². The molecule has 4 heterocycles. The average molecular weight is 454 g/mol. The van der Waals surface area contributed by atoms with E-state index < -0.39 is 6.10 Å². The molecule has 2 aliphatic heterocycles. The highest BCUT2D eigenvalue weighted by molar-refractivity contribution is 5.85. The first-order chi connectivity index (χ1) is 16.7. The molecule has 34 heavy (non-hydrogen) atoms. The van der Waals surface area contributed by atoms with Crippen molar-refractivity contribution in [3.8, 4) is 17.2 Å². The van der Waals surface area contributed by atoms with Crippen molar-refractivity contribution in [3.05, 3.63) is 95.1 Å². The van der Waals surface area contributed by atoms with E-state index in [9.17, 15) is 0 Å². The minimum absolute atomic E-state index is 0.255. The molecule has 2 aliphatic rings. The minimum atomic E-state index is -0.403. The van der Waals surface area contributed by atoms with Crippen molar-refractivity contribution in [2.75, 3.05) is 19.5 Å². The second-order valence-electron chi connectivity index (χ2n) is 8.28. The monoisotopic (exact) mass is 453 g/mol. The van der Waals surface area contributed by atoms with Crippen LogP contribution in [0.3, 0.4) is 0 Å². The predicted molar refractivity (Wildman–Crippen MR) is 127 cm³/mol. The van der Waals surface area contributed by atoms with Gasteiger partial charge in [0.2, 0.25) is 5.95 Å². The molecule has 0 amide bonds. The average Bonchev–Trinajstić information content (AvgIpc) is 3.35. The number of ether oxygens (including phenoxy) is 3. The van der Waals surface area contributed by atoms with Crippen LogP contribution in [0, 0.1) is 6.92 Å². The predicted octanol–water partition coefficient (Wildman–Crippen LogP) is 4.56. The molecule has 0 aliphatic carbocycles. The lowest BCUT2D eigenvalue weighted by molar-refractivity contribution is 0.222. The number of hydrogen-bond donors (Lipinski definition) is 1. The number of anilines is 1. The lowest BCUT2D eigenvalue weighted by Gasteiger charge is -2.39. The van der Waals surface area contributed by atoms with Crippen LogP contribution in [0.1, 0.15) is 34.4 Å². The molecule has 8 heteroatoms. The fraction of sp³-hybridized carbons (Fsp3) is 0.192. The summed E-state index contributed by atoms with van der Waals surface area (Å²) in [7, 11) is 3.26. The molecule has 0 saturated carbocycles. The highest BCUT2D eigenvalue weighted by Gasteiger charge is 2.41. The summed E-state index contributed by atoms with van der Waals surface area (Å²) in [6.45, 7) is 2.07. The van der Waals surface area contributed by atoms with E-state index in [2.05, 4.69) is 45.5 Å². The molecule has 2 aromatic heterocycles. The summed E-state index contributed by atoms with van der Waals surface area (Å²) in [4.78, 5) is 8.85. The zero-order valence-corrected chi connectivity index (χ0v) is 19.0. The molecular weight excluding hydrogens is 430 g/mol. The molecule has 0 saturated heterocycles. The Morgan fingerprint density at radius 3 is 2.68 bits per heavy atom. The van der Waals surface area contributed by atoms with E-state index in [1.165, 1.54) is 0 Å². The second kappa shape index (κ2) is 7.91. The van der Waals surface area contributed by atoms with E-state index >= 15 is 0 Å². The van der Waals surface area contributed by atoms with Crippen LogP contribution in [0.15, 0.2) is 72.8 Å². The zero-order chi connectivity index (χ0) is 23.2. The fourth-order valence-electron chi connectivity index (χ4n) is 4.73. The first-order valence-corrected chi connectivity index (χ1v) is 11.0. The van der Waals surface area contributed by atoms with Crippen molar-refractivity contribution in [1.29, 1.82) is 0 Å². The molecule has 8 nitrogen and oxygen atoms in total. The molecular formula is C26H23N5O3. The van der Waals surface area contributed by atoms with Gasteiger partial charge in [-0.2, -0.15) is 10.1 Å². The van der Waals surface area contributed by atoms with Crippen LogP contribution >= 0.6 is 0 Å². The standard InChI is InChI=1S/C26H23N5O3/c1-15-6-8-19-18(11-15)23-22(25(34-19)16-7-9-20(32-2)21(12-16)33-3)24(17-5-4-10-27-13-17)31-26(30-23)28-14-29-31/h4-14,24-25H,1-3H3,(H,28,29,30)/t24-,25-/m1/s1. The molecule has 0 bridgehead atoms. The van der Waals surface area contributed by atoms with Gasteiger partial charge in [0, 0.05) is 29.1 Å².